The molecule has 0 radical (unpaired) electrons. The lowest BCUT2D eigenvalue weighted by molar-refractivity contribution is 0.0950. The normalized spacial score (nSPS) is 10.8. The van der Waals surface area contributed by atoms with Gasteiger partial charge in [0.2, 0.25) is 0 Å². The van der Waals surface area contributed by atoms with Gasteiger partial charge in [0.15, 0.2) is 0 Å². The highest BCUT2D eigenvalue weighted by atomic mass is 16.5. The van der Waals surface area contributed by atoms with Gasteiger partial charge in [0.1, 0.15) is 5.69 Å². The fourth-order valence-corrected chi connectivity index (χ4v) is 2.70. The number of carbonyl (C=O) groups is 1. The first-order valence-electron chi connectivity index (χ1n) is 8.30. The summed E-state index contributed by atoms with van der Waals surface area (Å²) in [6, 6.07) is 15.5. The van der Waals surface area contributed by atoms with Crippen LogP contribution in [0.1, 0.15) is 22.3 Å². The van der Waals surface area contributed by atoms with Crippen molar-refractivity contribution in [2.24, 2.45) is 0 Å². The summed E-state index contributed by atoms with van der Waals surface area (Å²) < 4.78 is 5.03. The van der Waals surface area contributed by atoms with Gasteiger partial charge in [-0.3, -0.25) is 4.79 Å². The Bertz CT molecular complexity index is 876. The van der Waals surface area contributed by atoms with Crippen molar-refractivity contribution in [3.63, 3.8) is 0 Å². The Morgan fingerprint density at radius 2 is 1.84 bits per heavy atom. The van der Waals surface area contributed by atoms with Crippen molar-refractivity contribution in [1.82, 2.24) is 15.5 Å². The number of nitrogens with one attached hydrogen (secondary N) is 1. The summed E-state index contributed by atoms with van der Waals surface area (Å²) in [5.41, 5.74) is 3.91. The lowest BCUT2D eigenvalue weighted by Gasteiger charge is -2.12. The van der Waals surface area contributed by atoms with Crippen LogP contribution in [0.2, 0.25) is 0 Å². The Hall–Kier alpha value is -2.79. The predicted octanol–water partition coefficient (Wildman–Crippen LogP) is 3.37. The molecule has 2 aromatic carbocycles. The Balaban J connectivity index is 2.04. The number of amides is 1. The largest absolute Gasteiger partial charge is 0.385 e. The van der Waals surface area contributed by atoms with Crippen LogP contribution < -0.4 is 5.32 Å². The van der Waals surface area contributed by atoms with Crippen molar-refractivity contribution in [3.8, 4) is 11.3 Å². The first-order chi connectivity index (χ1) is 12.2. The number of hydrogen-bond acceptors (Lipinski definition) is 4. The zero-order valence-electron chi connectivity index (χ0n) is 14.5. The molecular weight excluding hydrogens is 314 g/mol. The average molecular weight is 335 g/mol. The minimum absolute atomic E-state index is 0.141. The molecule has 0 aliphatic carbocycles. The monoisotopic (exact) mass is 335 g/mol. The van der Waals surface area contributed by atoms with E-state index in [9.17, 15) is 4.79 Å². The van der Waals surface area contributed by atoms with Gasteiger partial charge in [-0.2, -0.15) is 0 Å². The molecule has 0 aliphatic rings. The van der Waals surface area contributed by atoms with Gasteiger partial charge in [-0.05, 0) is 19.4 Å². The van der Waals surface area contributed by atoms with Crippen LogP contribution in [0.3, 0.4) is 0 Å². The summed E-state index contributed by atoms with van der Waals surface area (Å²) in [7, 11) is 1.65. The Morgan fingerprint density at radius 1 is 1.08 bits per heavy atom. The zero-order chi connectivity index (χ0) is 17.6. The van der Waals surface area contributed by atoms with Crippen molar-refractivity contribution in [2.45, 2.75) is 13.3 Å². The number of nitrogens with zero attached hydrogens (tertiary/aromatic N) is 2. The Labute approximate surface area is 147 Å². The molecule has 0 atom stereocenters. The molecule has 1 aromatic heterocycles. The van der Waals surface area contributed by atoms with Gasteiger partial charge in [-0.15, -0.1) is 10.2 Å². The third-order valence-electron chi connectivity index (χ3n) is 4.03. The molecule has 0 aliphatic heterocycles. The van der Waals surface area contributed by atoms with Crippen LogP contribution in [0.25, 0.3) is 22.2 Å². The minimum Gasteiger partial charge on any atom is -0.385 e. The zero-order valence-corrected chi connectivity index (χ0v) is 14.5. The number of methoxy groups -OCH3 is 1. The maximum absolute atomic E-state index is 12.9. The molecule has 0 spiro atoms. The molecule has 1 N–H and O–H groups in total. The Kier molecular flexibility index (Phi) is 5.36. The van der Waals surface area contributed by atoms with E-state index in [1.54, 1.807) is 7.11 Å². The van der Waals surface area contributed by atoms with E-state index < -0.39 is 0 Å². The lowest BCUT2D eigenvalue weighted by atomic mass is 10.0. The molecule has 0 saturated heterocycles. The van der Waals surface area contributed by atoms with Gasteiger partial charge in [0.05, 0.1) is 11.1 Å². The van der Waals surface area contributed by atoms with Crippen molar-refractivity contribution < 1.29 is 9.53 Å². The van der Waals surface area contributed by atoms with Crippen molar-refractivity contribution in [3.05, 3.63) is 59.7 Å². The van der Waals surface area contributed by atoms with Gasteiger partial charge >= 0.3 is 0 Å². The standard InChI is InChI=1S/C20H21N3O2/c1-14-8-10-15(11-9-14)19-18(20(24)21-12-5-13-25-2)16-6-3-4-7-17(16)22-23-19/h3-4,6-11H,5,12-13H2,1-2H3,(H,21,24). The molecule has 0 unspecified atom stereocenters. The third kappa shape index (κ3) is 3.83. The van der Waals surface area contributed by atoms with Crippen molar-refractivity contribution >= 4 is 16.8 Å². The highest BCUT2D eigenvalue weighted by molar-refractivity contribution is 6.10. The van der Waals surface area contributed by atoms with Crippen LogP contribution in [0, 0.1) is 6.92 Å². The molecule has 3 aromatic rings. The van der Waals surface area contributed by atoms with E-state index >= 15 is 0 Å². The van der Waals surface area contributed by atoms with E-state index in [0.717, 1.165) is 22.9 Å². The number of fused-ring (bicyclic) bond motifs is 1. The number of aromatic nitrogens is 2. The first-order valence-corrected chi connectivity index (χ1v) is 8.30. The molecule has 5 heteroatoms. The number of carbonyl (C=O) groups excluding carboxylic acids is 1. The molecule has 5 nitrogen and oxygen atoms in total. The predicted molar refractivity (Wildman–Crippen MR) is 98.5 cm³/mol. The third-order valence-corrected chi connectivity index (χ3v) is 4.03. The maximum atomic E-state index is 12.9. The van der Waals surface area contributed by atoms with E-state index in [1.165, 1.54) is 0 Å². The second-order valence-corrected chi connectivity index (χ2v) is 5.91. The van der Waals surface area contributed by atoms with Crippen molar-refractivity contribution in [1.29, 1.82) is 0 Å². The van der Waals surface area contributed by atoms with Crippen molar-refractivity contribution in [2.75, 3.05) is 20.3 Å². The second-order valence-electron chi connectivity index (χ2n) is 5.91. The number of ether oxygens (including phenoxy) is 1. The molecule has 1 amide bonds. The van der Waals surface area contributed by atoms with E-state index in [-0.39, 0.29) is 5.91 Å². The SMILES string of the molecule is COCCCNC(=O)c1c(-c2ccc(C)cc2)nnc2ccccc12. The van der Waals surface area contributed by atoms with Crippen LogP contribution in [0.4, 0.5) is 0 Å². The van der Waals surface area contributed by atoms with Crippen LogP contribution in [-0.4, -0.2) is 36.4 Å². The second kappa shape index (κ2) is 7.85. The number of rotatable bonds is 6. The summed E-state index contributed by atoms with van der Waals surface area (Å²) in [4.78, 5) is 12.9. The summed E-state index contributed by atoms with van der Waals surface area (Å²) in [5, 5.41) is 12.4. The highest BCUT2D eigenvalue weighted by Crippen LogP contribution is 2.27. The quantitative estimate of drug-likeness (QED) is 0.702. The molecule has 0 saturated carbocycles. The molecule has 0 fully saturated rings. The van der Waals surface area contributed by atoms with Gasteiger partial charge in [-0.25, -0.2) is 0 Å². The fraction of sp³-hybridized carbons (Fsp3) is 0.250. The Morgan fingerprint density at radius 3 is 2.60 bits per heavy atom. The fourth-order valence-electron chi connectivity index (χ4n) is 2.70. The smallest absolute Gasteiger partial charge is 0.254 e. The minimum atomic E-state index is -0.141. The van der Waals surface area contributed by atoms with E-state index in [1.807, 2.05) is 55.5 Å². The molecule has 0 bridgehead atoms. The van der Waals surface area contributed by atoms with Crippen LogP contribution >= 0.6 is 0 Å². The average Bonchev–Trinajstić information content (AvgIpc) is 2.65. The maximum Gasteiger partial charge on any atom is 0.254 e. The summed E-state index contributed by atoms with van der Waals surface area (Å²) in [6.07, 6.45) is 0.762. The topological polar surface area (TPSA) is 64.1 Å². The van der Waals surface area contributed by atoms with Gasteiger partial charge in [0, 0.05) is 31.2 Å². The summed E-state index contributed by atoms with van der Waals surface area (Å²) in [6.45, 7) is 3.19. The van der Waals surface area contributed by atoms with Gasteiger partial charge in [0.25, 0.3) is 5.91 Å². The van der Waals surface area contributed by atoms with Gasteiger partial charge in [-0.1, -0.05) is 48.0 Å². The molecular formula is C20H21N3O2. The van der Waals surface area contributed by atoms with Crippen LogP contribution in [0.5, 0.6) is 0 Å². The van der Waals surface area contributed by atoms with Crippen LogP contribution in [0.15, 0.2) is 48.5 Å². The van der Waals surface area contributed by atoms with E-state index in [2.05, 4.69) is 15.5 Å². The summed E-state index contributed by atoms with van der Waals surface area (Å²) >= 11 is 0. The molecule has 128 valence electrons. The van der Waals surface area contributed by atoms with E-state index in [4.69, 9.17) is 4.74 Å². The van der Waals surface area contributed by atoms with Gasteiger partial charge < -0.3 is 10.1 Å². The lowest BCUT2D eigenvalue weighted by Crippen LogP contribution is -2.26. The highest BCUT2D eigenvalue weighted by Gasteiger charge is 2.18. The van der Waals surface area contributed by atoms with E-state index in [0.29, 0.717) is 29.9 Å². The first kappa shape index (κ1) is 17.0. The number of benzene rings is 2. The molecule has 25 heavy (non-hydrogen) atoms. The number of aryl methyl sites for hydroxylation is 1. The summed E-state index contributed by atoms with van der Waals surface area (Å²) in [5.74, 6) is -0.141. The van der Waals surface area contributed by atoms with Crippen LogP contribution in [-0.2, 0) is 4.74 Å². The molecule has 3 rings (SSSR count). The number of hydrogen-bond donors (Lipinski definition) is 1. The molecule has 1 heterocycles.